The lowest BCUT2D eigenvalue weighted by Gasteiger charge is -2.15. The van der Waals surface area contributed by atoms with Gasteiger partial charge in [0.05, 0.1) is 0 Å². The summed E-state index contributed by atoms with van der Waals surface area (Å²) in [4.78, 5) is 9.83. The van der Waals surface area contributed by atoms with Crippen molar-refractivity contribution in [2.24, 2.45) is 5.41 Å². The van der Waals surface area contributed by atoms with Crippen LogP contribution < -0.4 is 5.32 Å². The zero-order valence-electron chi connectivity index (χ0n) is 14.4. The summed E-state index contributed by atoms with van der Waals surface area (Å²) >= 11 is 0. The molecule has 3 nitrogen and oxygen atoms in total. The molecule has 21 heavy (non-hydrogen) atoms. The van der Waals surface area contributed by atoms with Crippen LogP contribution in [-0.4, -0.2) is 23.1 Å². The van der Waals surface area contributed by atoms with Gasteiger partial charge in [-0.05, 0) is 56.2 Å². The molecule has 0 spiro atoms. The first-order valence-corrected chi connectivity index (χ1v) is 8.62. The summed E-state index contributed by atoms with van der Waals surface area (Å²) < 4.78 is 0. The first kappa shape index (κ1) is 16.4. The number of aromatic nitrogens is 2. The molecule has 1 saturated carbocycles. The molecule has 0 saturated heterocycles. The van der Waals surface area contributed by atoms with E-state index in [0.717, 1.165) is 38.2 Å². The minimum absolute atomic E-state index is 0.403. The van der Waals surface area contributed by atoms with Gasteiger partial charge >= 0.3 is 0 Å². The average molecular weight is 289 g/mol. The Labute approximate surface area is 130 Å². The van der Waals surface area contributed by atoms with Crippen LogP contribution in [0.1, 0.15) is 76.2 Å². The van der Waals surface area contributed by atoms with E-state index in [1.807, 2.05) is 0 Å². The second-order valence-corrected chi connectivity index (χ2v) is 6.91. The summed E-state index contributed by atoms with van der Waals surface area (Å²) in [6, 6.07) is 0. The maximum absolute atomic E-state index is 4.92. The molecule has 1 aliphatic carbocycles. The van der Waals surface area contributed by atoms with Gasteiger partial charge < -0.3 is 5.32 Å². The largest absolute Gasteiger partial charge is 0.316 e. The van der Waals surface area contributed by atoms with E-state index < -0.39 is 0 Å². The average Bonchev–Trinajstić information content (AvgIpc) is 3.11. The van der Waals surface area contributed by atoms with Gasteiger partial charge in [-0.1, -0.05) is 34.6 Å². The van der Waals surface area contributed by atoms with Crippen LogP contribution in [0.25, 0.3) is 0 Å². The lowest BCUT2D eigenvalue weighted by molar-refractivity contribution is 0.602. The summed E-state index contributed by atoms with van der Waals surface area (Å²) in [5.74, 6) is 1.67. The van der Waals surface area contributed by atoms with E-state index in [1.54, 1.807) is 0 Å². The standard InChI is InChI=1S/C18H31N3/c1-6-10-19-11-9-13-15(7-2)20-17(21-16(13)8-3)14-12-18(14,4)5/h14,19H,6-12H2,1-5H3. The molecule has 1 unspecified atom stereocenters. The Morgan fingerprint density at radius 3 is 2.05 bits per heavy atom. The highest BCUT2D eigenvalue weighted by molar-refractivity contribution is 5.30. The summed E-state index contributed by atoms with van der Waals surface area (Å²) in [6.45, 7) is 13.4. The van der Waals surface area contributed by atoms with E-state index in [-0.39, 0.29) is 0 Å². The third-order valence-corrected chi connectivity index (χ3v) is 4.67. The molecule has 0 radical (unpaired) electrons. The van der Waals surface area contributed by atoms with Crippen LogP contribution in [0.5, 0.6) is 0 Å². The number of hydrogen-bond donors (Lipinski definition) is 1. The fraction of sp³-hybridized carbons (Fsp3) is 0.778. The molecular weight excluding hydrogens is 258 g/mol. The Morgan fingerprint density at radius 2 is 1.62 bits per heavy atom. The number of rotatable bonds is 8. The van der Waals surface area contributed by atoms with Crippen LogP contribution >= 0.6 is 0 Å². The Kier molecular flexibility index (Phi) is 5.37. The van der Waals surface area contributed by atoms with Gasteiger partial charge in [-0.15, -0.1) is 0 Å². The van der Waals surface area contributed by atoms with Crippen molar-refractivity contribution >= 4 is 0 Å². The van der Waals surface area contributed by atoms with Crippen LogP contribution in [0.3, 0.4) is 0 Å². The van der Waals surface area contributed by atoms with Gasteiger partial charge in [0.1, 0.15) is 5.82 Å². The number of aryl methyl sites for hydroxylation is 2. The molecule has 1 aromatic rings. The first-order chi connectivity index (χ1) is 10.0. The molecule has 0 aliphatic heterocycles. The van der Waals surface area contributed by atoms with Gasteiger partial charge in [-0.2, -0.15) is 0 Å². The second-order valence-electron chi connectivity index (χ2n) is 6.91. The lowest BCUT2D eigenvalue weighted by Crippen LogP contribution is -2.20. The zero-order valence-corrected chi connectivity index (χ0v) is 14.4. The van der Waals surface area contributed by atoms with Crippen molar-refractivity contribution in [2.45, 2.75) is 72.6 Å². The van der Waals surface area contributed by atoms with Crippen molar-refractivity contribution in [2.75, 3.05) is 13.1 Å². The van der Waals surface area contributed by atoms with E-state index in [4.69, 9.17) is 9.97 Å². The monoisotopic (exact) mass is 289 g/mol. The van der Waals surface area contributed by atoms with Gasteiger partial charge in [0.25, 0.3) is 0 Å². The molecule has 1 aliphatic rings. The highest BCUT2D eigenvalue weighted by atomic mass is 14.9. The third kappa shape index (κ3) is 3.82. The second kappa shape index (κ2) is 6.87. The predicted molar refractivity (Wildman–Crippen MR) is 88.8 cm³/mol. The molecule has 1 heterocycles. The molecule has 2 rings (SSSR count). The van der Waals surface area contributed by atoms with Gasteiger partial charge in [0.15, 0.2) is 0 Å². The molecule has 1 aromatic heterocycles. The van der Waals surface area contributed by atoms with E-state index in [2.05, 4.69) is 39.9 Å². The normalized spacial score (nSPS) is 19.8. The predicted octanol–water partition coefficient (Wildman–Crippen LogP) is 3.66. The Hall–Kier alpha value is -0.960. The van der Waals surface area contributed by atoms with Crippen LogP contribution in [0.4, 0.5) is 0 Å². The van der Waals surface area contributed by atoms with E-state index in [1.165, 1.54) is 29.8 Å². The SMILES string of the molecule is CCCNCCc1c(CC)nc(C2CC2(C)C)nc1CC. The van der Waals surface area contributed by atoms with Crippen LogP contribution in [-0.2, 0) is 19.3 Å². The maximum atomic E-state index is 4.92. The minimum atomic E-state index is 0.403. The van der Waals surface area contributed by atoms with Crippen molar-refractivity contribution in [3.8, 4) is 0 Å². The fourth-order valence-electron chi connectivity index (χ4n) is 3.06. The number of nitrogens with zero attached hydrogens (tertiary/aromatic N) is 2. The van der Waals surface area contributed by atoms with Crippen LogP contribution in [0.2, 0.25) is 0 Å². The van der Waals surface area contributed by atoms with E-state index >= 15 is 0 Å². The van der Waals surface area contributed by atoms with Gasteiger partial charge in [-0.25, -0.2) is 9.97 Å². The molecule has 1 fully saturated rings. The zero-order chi connectivity index (χ0) is 15.5. The first-order valence-electron chi connectivity index (χ1n) is 8.62. The molecule has 0 amide bonds. The van der Waals surface area contributed by atoms with Crippen LogP contribution in [0, 0.1) is 5.41 Å². The molecule has 1 atom stereocenters. The fourth-order valence-corrected chi connectivity index (χ4v) is 3.06. The van der Waals surface area contributed by atoms with Crippen molar-refractivity contribution in [1.29, 1.82) is 0 Å². The molecular formula is C18H31N3. The van der Waals surface area contributed by atoms with Gasteiger partial charge in [0.2, 0.25) is 0 Å². The van der Waals surface area contributed by atoms with Crippen molar-refractivity contribution in [3.05, 3.63) is 22.8 Å². The summed E-state index contributed by atoms with van der Waals surface area (Å²) in [6.07, 6.45) is 5.50. The summed E-state index contributed by atoms with van der Waals surface area (Å²) in [5.41, 5.74) is 4.35. The topological polar surface area (TPSA) is 37.8 Å². The lowest BCUT2D eigenvalue weighted by atomic mass is 10.0. The summed E-state index contributed by atoms with van der Waals surface area (Å²) in [5, 5.41) is 3.49. The van der Waals surface area contributed by atoms with Gasteiger partial charge in [-0.3, -0.25) is 0 Å². The molecule has 118 valence electrons. The highest BCUT2D eigenvalue weighted by Gasteiger charge is 2.48. The Bertz CT molecular complexity index is 454. The van der Waals surface area contributed by atoms with E-state index in [9.17, 15) is 0 Å². The van der Waals surface area contributed by atoms with Crippen molar-refractivity contribution in [1.82, 2.24) is 15.3 Å². The molecule has 3 heteroatoms. The quantitative estimate of drug-likeness (QED) is 0.742. The van der Waals surface area contributed by atoms with Crippen molar-refractivity contribution < 1.29 is 0 Å². The Balaban J connectivity index is 2.19. The summed E-state index contributed by atoms with van der Waals surface area (Å²) in [7, 11) is 0. The molecule has 1 N–H and O–H groups in total. The molecule has 0 aromatic carbocycles. The maximum Gasteiger partial charge on any atom is 0.132 e. The third-order valence-electron chi connectivity index (χ3n) is 4.67. The van der Waals surface area contributed by atoms with Crippen molar-refractivity contribution in [3.63, 3.8) is 0 Å². The smallest absolute Gasteiger partial charge is 0.132 e. The molecule has 0 bridgehead atoms. The van der Waals surface area contributed by atoms with Gasteiger partial charge in [0, 0.05) is 17.3 Å². The number of hydrogen-bond acceptors (Lipinski definition) is 3. The van der Waals surface area contributed by atoms with Crippen LogP contribution in [0.15, 0.2) is 0 Å². The number of nitrogens with one attached hydrogen (secondary N) is 1. The minimum Gasteiger partial charge on any atom is -0.316 e. The van der Waals surface area contributed by atoms with E-state index in [0.29, 0.717) is 11.3 Å². The Morgan fingerprint density at radius 1 is 1.05 bits per heavy atom. The highest BCUT2D eigenvalue weighted by Crippen LogP contribution is 2.57.